The highest BCUT2D eigenvalue weighted by Gasteiger charge is 2.00. The van der Waals surface area contributed by atoms with E-state index in [0.29, 0.717) is 12.5 Å². The first-order chi connectivity index (χ1) is 6.20. The number of nitrogens with zero attached hydrogens (tertiary/aromatic N) is 1. The SMILES string of the molecule is CN=C(NN)NCCOCC(F)F. The highest BCUT2D eigenvalue weighted by Crippen LogP contribution is 1.90. The summed E-state index contributed by atoms with van der Waals surface area (Å²) in [6, 6.07) is 0. The fraction of sp³-hybridized carbons (Fsp3) is 0.833. The topological polar surface area (TPSA) is 71.7 Å². The van der Waals surface area contributed by atoms with Gasteiger partial charge in [-0.2, -0.15) is 0 Å². The normalized spacial score (nSPS) is 11.9. The average Bonchev–Trinajstić information content (AvgIpc) is 2.11. The Morgan fingerprint density at radius 3 is 2.77 bits per heavy atom. The molecule has 0 saturated heterocycles. The van der Waals surface area contributed by atoms with Gasteiger partial charge in [0, 0.05) is 13.6 Å². The lowest BCUT2D eigenvalue weighted by atomic mass is 10.6. The number of hydrazine groups is 1. The van der Waals surface area contributed by atoms with Crippen molar-refractivity contribution in [1.29, 1.82) is 0 Å². The standard InChI is InChI=1S/C6H14F2N4O/c1-10-6(12-9)11-2-3-13-4-5(7)8/h5H,2-4,9H2,1H3,(H2,10,11,12). The lowest BCUT2D eigenvalue weighted by Crippen LogP contribution is -2.42. The number of halogens is 2. The van der Waals surface area contributed by atoms with Gasteiger partial charge in [-0.1, -0.05) is 0 Å². The zero-order chi connectivity index (χ0) is 10.1. The van der Waals surface area contributed by atoms with E-state index in [2.05, 4.69) is 20.5 Å². The molecule has 0 fully saturated rings. The van der Waals surface area contributed by atoms with Crippen LogP contribution in [-0.2, 0) is 4.74 Å². The molecule has 0 aromatic heterocycles. The van der Waals surface area contributed by atoms with Crippen molar-refractivity contribution >= 4 is 5.96 Å². The van der Waals surface area contributed by atoms with Crippen molar-refractivity contribution < 1.29 is 13.5 Å². The summed E-state index contributed by atoms with van der Waals surface area (Å²) in [6.45, 7) is 0.0188. The lowest BCUT2D eigenvalue weighted by molar-refractivity contribution is 0.0196. The van der Waals surface area contributed by atoms with E-state index in [4.69, 9.17) is 5.84 Å². The number of nitrogens with two attached hydrogens (primary N) is 1. The van der Waals surface area contributed by atoms with Gasteiger partial charge in [0.2, 0.25) is 5.96 Å². The van der Waals surface area contributed by atoms with Gasteiger partial charge in [0.25, 0.3) is 6.43 Å². The smallest absolute Gasteiger partial charge is 0.261 e. The molecule has 0 rings (SSSR count). The molecule has 78 valence electrons. The first kappa shape index (κ1) is 12.0. The van der Waals surface area contributed by atoms with Crippen molar-refractivity contribution in [2.75, 3.05) is 26.8 Å². The van der Waals surface area contributed by atoms with Crippen molar-refractivity contribution in [1.82, 2.24) is 10.7 Å². The van der Waals surface area contributed by atoms with E-state index in [1.807, 2.05) is 0 Å². The lowest BCUT2D eigenvalue weighted by Gasteiger charge is -2.08. The summed E-state index contributed by atoms with van der Waals surface area (Å²) in [5.74, 6) is 5.43. The van der Waals surface area contributed by atoms with Gasteiger partial charge >= 0.3 is 0 Å². The molecule has 4 N–H and O–H groups in total. The predicted octanol–water partition coefficient (Wildman–Crippen LogP) is -0.693. The van der Waals surface area contributed by atoms with Gasteiger partial charge in [-0.05, 0) is 0 Å². The Kier molecular flexibility index (Phi) is 7.12. The van der Waals surface area contributed by atoms with Gasteiger partial charge in [-0.15, -0.1) is 0 Å². The molecule has 0 aliphatic rings. The first-order valence-corrected chi connectivity index (χ1v) is 3.74. The summed E-state index contributed by atoms with van der Waals surface area (Å²) in [5.41, 5.74) is 2.29. The van der Waals surface area contributed by atoms with Crippen LogP contribution in [0.3, 0.4) is 0 Å². The molecule has 0 unspecified atom stereocenters. The molecule has 0 spiro atoms. The molecular weight excluding hydrogens is 182 g/mol. The van der Waals surface area contributed by atoms with Crippen molar-refractivity contribution in [3.8, 4) is 0 Å². The Labute approximate surface area is 75.3 Å². The minimum absolute atomic E-state index is 0.186. The number of ether oxygens (including phenoxy) is 1. The molecule has 0 aliphatic heterocycles. The highest BCUT2D eigenvalue weighted by atomic mass is 19.3. The minimum Gasteiger partial charge on any atom is -0.374 e. The summed E-state index contributed by atoms with van der Waals surface area (Å²) in [7, 11) is 1.54. The van der Waals surface area contributed by atoms with Crippen molar-refractivity contribution in [2.24, 2.45) is 10.8 Å². The molecule has 0 aromatic carbocycles. The Morgan fingerprint density at radius 2 is 2.31 bits per heavy atom. The second kappa shape index (κ2) is 7.69. The molecule has 13 heavy (non-hydrogen) atoms. The Morgan fingerprint density at radius 1 is 1.62 bits per heavy atom. The van der Waals surface area contributed by atoms with Gasteiger partial charge in [-0.25, -0.2) is 14.6 Å². The van der Waals surface area contributed by atoms with Crippen molar-refractivity contribution in [3.05, 3.63) is 0 Å². The number of aliphatic imine (C=N–C) groups is 1. The van der Waals surface area contributed by atoms with Crippen molar-refractivity contribution in [2.45, 2.75) is 6.43 Å². The maximum Gasteiger partial charge on any atom is 0.261 e. The van der Waals surface area contributed by atoms with Crippen molar-refractivity contribution in [3.63, 3.8) is 0 Å². The van der Waals surface area contributed by atoms with E-state index in [1.165, 1.54) is 0 Å². The van der Waals surface area contributed by atoms with E-state index >= 15 is 0 Å². The molecule has 7 heteroatoms. The highest BCUT2D eigenvalue weighted by molar-refractivity contribution is 5.78. The Balaban J connectivity index is 3.25. The van der Waals surface area contributed by atoms with Gasteiger partial charge < -0.3 is 10.1 Å². The third kappa shape index (κ3) is 7.41. The molecule has 0 atom stereocenters. The predicted molar refractivity (Wildman–Crippen MR) is 45.5 cm³/mol. The number of alkyl halides is 2. The minimum atomic E-state index is -2.42. The zero-order valence-electron chi connectivity index (χ0n) is 7.39. The molecule has 0 aromatic rings. The Bertz CT molecular complexity index is 154. The molecule has 0 heterocycles. The summed E-state index contributed by atoms with van der Waals surface area (Å²) >= 11 is 0. The van der Waals surface area contributed by atoms with Crippen LogP contribution >= 0.6 is 0 Å². The van der Waals surface area contributed by atoms with Crippen LogP contribution < -0.4 is 16.6 Å². The maximum atomic E-state index is 11.6. The van der Waals surface area contributed by atoms with E-state index in [0.717, 1.165) is 0 Å². The quantitative estimate of drug-likeness (QED) is 0.179. The molecule has 0 bridgehead atoms. The summed E-state index contributed by atoms with van der Waals surface area (Å²) in [6.07, 6.45) is -2.42. The van der Waals surface area contributed by atoms with E-state index in [-0.39, 0.29) is 6.61 Å². The molecule has 0 aliphatic carbocycles. The van der Waals surface area contributed by atoms with Crippen LogP contribution in [0.1, 0.15) is 0 Å². The third-order valence-electron chi connectivity index (χ3n) is 1.14. The van der Waals surface area contributed by atoms with Gasteiger partial charge in [-0.3, -0.25) is 10.4 Å². The van der Waals surface area contributed by atoms with Gasteiger partial charge in [0.15, 0.2) is 0 Å². The number of guanidine groups is 1. The van der Waals surface area contributed by atoms with E-state index in [9.17, 15) is 8.78 Å². The number of nitrogens with one attached hydrogen (secondary N) is 2. The average molecular weight is 196 g/mol. The van der Waals surface area contributed by atoms with Gasteiger partial charge in [0.1, 0.15) is 6.61 Å². The fourth-order valence-electron chi connectivity index (χ4n) is 0.609. The Hall–Kier alpha value is -0.950. The van der Waals surface area contributed by atoms with Crippen LogP contribution in [0.15, 0.2) is 4.99 Å². The van der Waals surface area contributed by atoms with Crippen LogP contribution in [0.25, 0.3) is 0 Å². The van der Waals surface area contributed by atoms with E-state index in [1.54, 1.807) is 7.05 Å². The monoisotopic (exact) mass is 196 g/mol. The van der Waals surface area contributed by atoms with Crippen LogP contribution in [0.5, 0.6) is 0 Å². The maximum absolute atomic E-state index is 11.6. The number of hydrogen-bond donors (Lipinski definition) is 3. The molecule has 0 saturated carbocycles. The summed E-state index contributed by atoms with van der Waals surface area (Å²) in [4.78, 5) is 3.71. The third-order valence-corrected chi connectivity index (χ3v) is 1.14. The second-order valence-electron chi connectivity index (χ2n) is 2.11. The first-order valence-electron chi connectivity index (χ1n) is 3.74. The molecular formula is C6H14F2N4O. The largest absolute Gasteiger partial charge is 0.374 e. The molecule has 0 radical (unpaired) electrons. The van der Waals surface area contributed by atoms with Crippen LogP contribution in [0.4, 0.5) is 8.78 Å². The fourth-order valence-corrected chi connectivity index (χ4v) is 0.609. The second-order valence-corrected chi connectivity index (χ2v) is 2.11. The molecule has 0 amide bonds. The van der Waals surface area contributed by atoms with Crippen LogP contribution in [0.2, 0.25) is 0 Å². The number of hydrogen-bond acceptors (Lipinski definition) is 3. The summed E-state index contributed by atoms with van der Waals surface area (Å²) < 4.78 is 27.7. The molecule has 5 nitrogen and oxygen atoms in total. The zero-order valence-corrected chi connectivity index (χ0v) is 7.39. The summed E-state index contributed by atoms with van der Waals surface area (Å²) in [5, 5.41) is 2.74. The number of rotatable bonds is 5. The van der Waals surface area contributed by atoms with Crippen LogP contribution in [-0.4, -0.2) is 39.2 Å². The van der Waals surface area contributed by atoms with Crippen LogP contribution in [0, 0.1) is 0 Å². The van der Waals surface area contributed by atoms with Gasteiger partial charge in [0.05, 0.1) is 6.61 Å². The van der Waals surface area contributed by atoms with E-state index < -0.39 is 13.0 Å².